The van der Waals surface area contributed by atoms with Crippen LogP contribution < -0.4 is 15.9 Å². The molecule has 1 aliphatic carbocycles. The lowest BCUT2D eigenvalue weighted by Crippen LogP contribution is -2.20. The third-order valence-corrected chi connectivity index (χ3v) is 3.55. The van der Waals surface area contributed by atoms with E-state index in [1.54, 1.807) is 4.57 Å². The second-order valence-electron chi connectivity index (χ2n) is 4.93. The molecular formula is C14H12FN2O4. The van der Waals surface area contributed by atoms with E-state index in [-0.39, 0.29) is 22.7 Å². The van der Waals surface area contributed by atoms with Crippen LogP contribution in [-0.2, 0) is 0 Å². The standard InChI is InChI=1S/C14H12FN2O4/c1-21-9-4-8(15)11(16)10-12(9)17(6-2-3-6)5-7(13(10)18)14(19)20/h5-6H,2-3,16H2,1H3,(H,19,20). The summed E-state index contributed by atoms with van der Waals surface area (Å²) < 4.78 is 20.5. The summed E-state index contributed by atoms with van der Waals surface area (Å²) in [6.45, 7) is 0. The van der Waals surface area contributed by atoms with Crippen molar-refractivity contribution < 1.29 is 19.0 Å². The summed E-state index contributed by atoms with van der Waals surface area (Å²) in [5.74, 6) is -2.26. The molecule has 21 heavy (non-hydrogen) atoms. The highest BCUT2D eigenvalue weighted by molar-refractivity contribution is 5.99. The van der Waals surface area contributed by atoms with Crippen molar-refractivity contribution in [2.24, 2.45) is 0 Å². The van der Waals surface area contributed by atoms with Gasteiger partial charge in [-0.05, 0) is 12.8 Å². The van der Waals surface area contributed by atoms with Gasteiger partial charge in [-0.25, -0.2) is 9.18 Å². The van der Waals surface area contributed by atoms with Crippen LogP contribution >= 0.6 is 0 Å². The largest absolute Gasteiger partial charge is 0.494 e. The van der Waals surface area contributed by atoms with E-state index in [0.717, 1.165) is 12.8 Å². The Kier molecular flexibility index (Phi) is 2.86. The molecule has 0 saturated heterocycles. The van der Waals surface area contributed by atoms with Crippen molar-refractivity contribution in [2.45, 2.75) is 18.9 Å². The third kappa shape index (κ3) is 1.93. The first-order valence-electron chi connectivity index (χ1n) is 6.32. The molecule has 6 nitrogen and oxygen atoms in total. The second-order valence-corrected chi connectivity index (χ2v) is 4.93. The van der Waals surface area contributed by atoms with Crippen LogP contribution in [0.4, 0.5) is 10.1 Å². The van der Waals surface area contributed by atoms with Gasteiger partial charge in [-0.1, -0.05) is 0 Å². The average Bonchev–Trinajstić information content (AvgIpc) is 3.26. The van der Waals surface area contributed by atoms with Crippen LogP contribution in [0, 0.1) is 11.9 Å². The molecule has 2 aromatic rings. The maximum Gasteiger partial charge on any atom is 0.341 e. The van der Waals surface area contributed by atoms with E-state index < -0.39 is 28.5 Å². The number of carboxylic acids is 1. The number of pyridine rings is 1. The summed E-state index contributed by atoms with van der Waals surface area (Å²) in [6.07, 6.45) is 2.95. The summed E-state index contributed by atoms with van der Waals surface area (Å²) in [7, 11) is 1.33. The molecule has 1 heterocycles. The average molecular weight is 291 g/mol. The van der Waals surface area contributed by atoms with E-state index in [4.69, 9.17) is 15.6 Å². The molecular weight excluding hydrogens is 279 g/mol. The Balaban J connectivity index is 2.55. The number of rotatable bonds is 3. The third-order valence-electron chi connectivity index (χ3n) is 3.55. The molecule has 1 aromatic heterocycles. The lowest BCUT2D eigenvalue weighted by atomic mass is 10.1. The van der Waals surface area contributed by atoms with Gasteiger partial charge in [0.25, 0.3) is 0 Å². The summed E-state index contributed by atoms with van der Waals surface area (Å²) in [5, 5.41) is 8.98. The number of aromatic nitrogens is 1. The van der Waals surface area contributed by atoms with Crippen LogP contribution in [0.15, 0.2) is 11.0 Å². The van der Waals surface area contributed by atoms with E-state index in [0.29, 0.717) is 0 Å². The fourth-order valence-corrected chi connectivity index (χ4v) is 2.39. The number of nitrogen functional groups attached to an aromatic ring is 1. The molecule has 1 radical (unpaired) electrons. The SMILES string of the molecule is COc1[c]c(F)c(N)c2c(=O)c(C(=O)O)cn(C3CC3)c12. The molecule has 3 N–H and O–H groups in total. The van der Waals surface area contributed by atoms with Crippen molar-refractivity contribution in [3.05, 3.63) is 33.9 Å². The second kappa shape index (κ2) is 4.47. The smallest absolute Gasteiger partial charge is 0.341 e. The normalized spacial score (nSPS) is 14.4. The molecule has 0 amide bonds. The van der Waals surface area contributed by atoms with Gasteiger partial charge < -0.3 is 20.1 Å². The molecule has 109 valence electrons. The van der Waals surface area contributed by atoms with Crippen LogP contribution in [0.5, 0.6) is 5.75 Å². The molecule has 1 aliphatic rings. The number of carboxylic acid groups (broad SMARTS) is 1. The number of hydrogen-bond donors (Lipinski definition) is 2. The fraction of sp³-hybridized carbons (Fsp3) is 0.286. The van der Waals surface area contributed by atoms with Gasteiger partial charge in [-0.2, -0.15) is 0 Å². The van der Waals surface area contributed by atoms with Gasteiger partial charge in [0, 0.05) is 12.2 Å². The molecule has 1 saturated carbocycles. The van der Waals surface area contributed by atoms with Crippen LogP contribution in [0.2, 0.25) is 0 Å². The zero-order chi connectivity index (χ0) is 15.3. The molecule has 0 bridgehead atoms. The van der Waals surface area contributed by atoms with Crippen LogP contribution in [-0.4, -0.2) is 22.8 Å². The Morgan fingerprint density at radius 1 is 1.57 bits per heavy atom. The number of benzene rings is 1. The number of anilines is 1. The van der Waals surface area contributed by atoms with Gasteiger partial charge in [0.05, 0.1) is 29.8 Å². The minimum absolute atomic E-state index is 0.0395. The van der Waals surface area contributed by atoms with Gasteiger partial charge >= 0.3 is 5.97 Å². The number of fused-ring (bicyclic) bond motifs is 1. The number of ether oxygens (including phenoxy) is 1. The zero-order valence-electron chi connectivity index (χ0n) is 11.1. The van der Waals surface area contributed by atoms with E-state index in [1.165, 1.54) is 13.3 Å². The Labute approximate surface area is 118 Å². The monoisotopic (exact) mass is 291 g/mol. The van der Waals surface area contributed by atoms with Crippen molar-refractivity contribution in [2.75, 3.05) is 12.8 Å². The first-order valence-corrected chi connectivity index (χ1v) is 6.32. The first kappa shape index (κ1) is 13.4. The number of methoxy groups -OCH3 is 1. The van der Waals surface area contributed by atoms with Gasteiger partial charge in [0.15, 0.2) is 11.6 Å². The predicted molar refractivity (Wildman–Crippen MR) is 73.2 cm³/mol. The van der Waals surface area contributed by atoms with E-state index >= 15 is 0 Å². The molecule has 3 rings (SSSR count). The van der Waals surface area contributed by atoms with E-state index in [1.807, 2.05) is 0 Å². The maximum absolute atomic E-state index is 13.8. The summed E-state index contributed by atoms with van der Waals surface area (Å²) in [4.78, 5) is 23.5. The highest BCUT2D eigenvalue weighted by Gasteiger charge is 2.29. The van der Waals surface area contributed by atoms with Crippen LogP contribution in [0.25, 0.3) is 10.9 Å². The highest BCUT2D eigenvalue weighted by atomic mass is 19.1. The number of carbonyl (C=O) groups is 1. The molecule has 0 spiro atoms. The van der Waals surface area contributed by atoms with E-state index in [2.05, 4.69) is 6.07 Å². The van der Waals surface area contributed by atoms with Crippen LogP contribution in [0.1, 0.15) is 29.2 Å². The Hall–Kier alpha value is -2.57. The van der Waals surface area contributed by atoms with Gasteiger partial charge in [0.2, 0.25) is 5.43 Å². The lowest BCUT2D eigenvalue weighted by molar-refractivity contribution is 0.0695. The quantitative estimate of drug-likeness (QED) is 0.837. The van der Waals surface area contributed by atoms with Crippen molar-refractivity contribution >= 4 is 22.6 Å². The highest BCUT2D eigenvalue weighted by Crippen LogP contribution is 2.40. The summed E-state index contributed by atoms with van der Waals surface area (Å²) in [5.41, 5.74) is 4.25. The van der Waals surface area contributed by atoms with E-state index in [9.17, 15) is 14.0 Å². The van der Waals surface area contributed by atoms with Crippen molar-refractivity contribution in [3.63, 3.8) is 0 Å². The minimum Gasteiger partial charge on any atom is -0.494 e. The lowest BCUT2D eigenvalue weighted by Gasteiger charge is -2.15. The minimum atomic E-state index is -1.37. The zero-order valence-corrected chi connectivity index (χ0v) is 11.1. The van der Waals surface area contributed by atoms with Gasteiger partial charge in [0.1, 0.15) is 5.56 Å². The Bertz CT molecular complexity index is 824. The van der Waals surface area contributed by atoms with Gasteiger partial charge in [-0.15, -0.1) is 0 Å². The number of nitrogens with zero attached hydrogens (tertiary/aromatic N) is 1. The Morgan fingerprint density at radius 3 is 2.76 bits per heavy atom. The number of halogens is 1. The molecule has 0 unspecified atom stereocenters. The van der Waals surface area contributed by atoms with Crippen molar-refractivity contribution in [1.29, 1.82) is 0 Å². The molecule has 0 aliphatic heterocycles. The van der Waals surface area contributed by atoms with Crippen molar-refractivity contribution in [1.82, 2.24) is 4.57 Å². The summed E-state index contributed by atoms with van der Waals surface area (Å²) >= 11 is 0. The predicted octanol–water partition coefficient (Wildman–Crippen LogP) is 1.56. The molecule has 1 fully saturated rings. The molecule has 1 aromatic carbocycles. The van der Waals surface area contributed by atoms with Crippen LogP contribution in [0.3, 0.4) is 0 Å². The van der Waals surface area contributed by atoms with Gasteiger partial charge in [-0.3, -0.25) is 4.79 Å². The molecule has 7 heteroatoms. The molecule has 0 atom stereocenters. The maximum atomic E-state index is 13.8. The fourth-order valence-electron chi connectivity index (χ4n) is 2.39. The topological polar surface area (TPSA) is 94.6 Å². The number of hydrogen-bond acceptors (Lipinski definition) is 4. The first-order chi connectivity index (χ1) is 9.95. The number of nitrogens with two attached hydrogens (primary N) is 1. The Morgan fingerprint density at radius 2 is 2.24 bits per heavy atom. The van der Waals surface area contributed by atoms with Crippen molar-refractivity contribution in [3.8, 4) is 5.75 Å². The summed E-state index contributed by atoms with van der Waals surface area (Å²) in [6, 6.07) is 2.40. The number of aromatic carboxylic acids is 1.